The molecule has 1 rings (SSSR count). The van der Waals surface area contributed by atoms with Crippen molar-refractivity contribution in [2.24, 2.45) is 0 Å². The second-order valence-corrected chi connectivity index (χ2v) is 3.69. The predicted octanol–water partition coefficient (Wildman–Crippen LogP) is 1.19. The van der Waals surface area contributed by atoms with Gasteiger partial charge in [-0.15, -0.1) is 0 Å². The first-order valence-corrected chi connectivity index (χ1v) is 5.53. The molecule has 14 heavy (non-hydrogen) atoms. The first-order chi connectivity index (χ1) is 6.76. The molecule has 0 unspecified atom stereocenters. The second kappa shape index (κ2) is 5.41. The number of thioether (sulfide) groups is 1. The van der Waals surface area contributed by atoms with Crippen molar-refractivity contribution >= 4 is 17.7 Å². The van der Waals surface area contributed by atoms with Gasteiger partial charge < -0.3 is 14.2 Å². The van der Waals surface area contributed by atoms with E-state index in [4.69, 9.17) is 14.2 Å². The van der Waals surface area contributed by atoms with Crippen LogP contribution in [0.4, 0.5) is 0 Å². The second-order valence-electron chi connectivity index (χ2n) is 2.74. The van der Waals surface area contributed by atoms with Gasteiger partial charge in [-0.3, -0.25) is 0 Å². The lowest BCUT2D eigenvalue weighted by atomic mass is 10.3. The van der Waals surface area contributed by atoms with Crippen molar-refractivity contribution in [2.45, 2.75) is 19.6 Å². The average Bonchev–Trinajstić information content (AvgIpc) is 2.20. The SMILES string of the molecule is CCOC1(OCC)COC(=C=O)SC1. The normalized spacial score (nSPS) is 20.0. The zero-order chi connectivity index (χ0) is 10.4. The summed E-state index contributed by atoms with van der Waals surface area (Å²) in [4.78, 5) is 10.3. The van der Waals surface area contributed by atoms with Crippen LogP contribution in [-0.2, 0) is 19.0 Å². The Morgan fingerprint density at radius 2 is 2.14 bits per heavy atom. The first kappa shape index (κ1) is 11.6. The molecule has 1 heterocycles. The fraction of sp³-hybridized carbons (Fsp3) is 0.778. The molecule has 80 valence electrons. The van der Waals surface area contributed by atoms with Crippen LogP contribution in [0, 0.1) is 0 Å². The van der Waals surface area contributed by atoms with Gasteiger partial charge in [0.15, 0.2) is 5.94 Å². The maximum Gasteiger partial charge on any atom is 0.239 e. The number of ether oxygens (including phenoxy) is 3. The topological polar surface area (TPSA) is 44.8 Å². The van der Waals surface area contributed by atoms with Gasteiger partial charge in [-0.2, -0.15) is 0 Å². The van der Waals surface area contributed by atoms with Crippen LogP contribution in [0.3, 0.4) is 0 Å². The molecule has 1 saturated heterocycles. The van der Waals surface area contributed by atoms with Crippen molar-refractivity contribution in [3.63, 3.8) is 0 Å². The zero-order valence-electron chi connectivity index (χ0n) is 8.37. The van der Waals surface area contributed by atoms with Crippen molar-refractivity contribution in [1.29, 1.82) is 0 Å². The minimum atomic E-state index is -0.700. The van der Waals surface area contributed by atoms with E-state index in [9.17, 15) is 4.79 Å². The van der Waals surface area contributed by atoms with Crippen LogP contribution in [0.2, 0.25) is 0 Å². The van der Waals surface area contributed by atoms with Crippen molar-refractivity contribution in [1.82, 2.24) is 0 Å². The summed E-state index contributed by atoms with van der Waals surface area (Å²) in [5, 5.41) is 0.278. The van der Waals surface area contributed by atoms with Gasteiger partial charge in [-0.25, -0.2) is 4.79 Å². The van der Waals surface area contributed by atoms with Crippen LogP contribution in [0.15, 0.2) is 5.09 Å². The Morgan fingerprint density at radius 3 is 2.50 bits per heavy atom. The first-order valence-electron chi connectivity index (χ1n) is 4.55. The highest BCUT2D eigenvalue weighted by molar-refractivity contribution is 8.03. The summed E-state index contributed by atoms with van der Waals surface area (Å²) >= 11 is 1.27. The molecule has 1 fully saturated rings. The minimum absolute atomic E-state index is 0.256. The van der Waals surface area contributed by atoms with Gasteiger partial charge in [-0.05, 0) is 13.8 Å². The highest BCUT2D eigenvalue weighted by Gasteiger charge is 2.37. The van der Waals surface area contributed by atoms with E-state index in [1.165, 1.54) is 11.8 Å². The van der Waals surface area contributed by atoms with Crippen molar-refractivity contribution < 1.29 is 19.0 Å². The molecule has 5 heteroatoms. The Labute approximate surface area is 87.6 Å². The molecule has 0 bridgehead atoms. The van der Waals surface area contributed by atoms with Gasteiger partial charge in [0.2, 0.25) is 10.9 Å². The van der Waals surface area contributed by atoms with E-state index in [1.54, 1.807) is 5.94 Å². The van der Waals surface area contributed by atoms with Crippen molar-refractivity contribution in [3.05, 3.63) is 5.09 Å². The molecule has 0 aromatic heterocycles. The Kier molecular flexibility index (Phi) is 4.48. The van der Waals surface area contributed by atoms with Gasteiger partial charge in [-0.1, -0.05) is 11.8 Å². The van der Waals surface area contributed by atoms with E-state index in [2.05, 4.69) is 0 Å². The van der Waals surface area contributed by atoms with Crippen LogP contribution < -0.4 is 0 Å². The van der Waals surface area contributed by atoms with Crippen LogP contribution >= 0.6 is 11.8 Å². The van der Waals surface area contributed by atoms with Gasteiger partial charge >= 0.3 is 0 Å². The van der Waals surface area contributed by atoms with E-state index in [0.29, 0.717) is 19.0 Å². The summed E-state index contributed by atoms with van der Waals surface area (Å²) in [7, 11) is 0. The summed E-state index contributed by atoms with van der Waals surface area (Å²) in [5.74, 6) is 1.59. The van der Waals surface area contributed by atoms with Gasteiger partial charge in [0.25, 0.3) is 0 Å². The lowest BCUT2D eigenvalue weighted by molar-refractivity contribution is -0.239. The maximum absolute atomic E-state index is 10.3. The summed E-state index contributed by atoms with van der Waals surface area (Å²) in [6, 6.07) is 0. The molecule has 0 aromatic carbocycles. The van der Waals surface area contributed by atoms with Crippen molar-refractivity contribution in [3.8, 4) is 0 Å². The van der Waals surface area contributed by atoms with E-state index < -0.39 is 5.79 Å². The van der Waals surface area contributed by atoms with Gasteiger partial charge in [0.1, 0.15) is 6.61 Å². The Hall–Kier alpha value is -0.480. The summed E-state index contributed by atoms with van der Waals surface area (Å²) in [6.07, 6.45) is 0. The molecule has 1 aliphatic heterocycles. The van der Waals surface area contributed by atoms with Gasteiger partial charge in [0.05, 0.1) is 5.75 Å². The molecule has 0 N–H and O–H groups in total. The molecule has 0 spiro atoms. The monoisotopic (exact) mass is 218 g/mol. The summed E-state index contributed by atoms with van der Waals surface area (Å²) < 4.78 is 16.1. The highest BCUT2D eigenvalue weighted by Crippen LogP contribution is 2.31. The maximum atomic E-state index is 10.3. The third kappa shape index (κ3) is 2.75. The smallest absolute Gasteiger partial charge is 0.239 e. The summed E-state index contributed by atoms with van der Waals surface area (Å²) in [6.45, 7) is 5.17. The fourth-order valence-electron chi connectivity index (χ4n) is 1.23. The standard InChI is InChI=1S/C9H14O4S/c1-3-12-9(13-4-2)6-11-8(5-10)14-7-9/h3-4,6-7H2,1-2H3. The molecule has 4 nitrogen and oxygen atoms in total. The Balaban J connectivity index is 2.58. The van der Waals surface area contributed by atoms with Crippen LogP contribution in [0.1, 0.15) is 13.8 Å². The number of hydrogen-bond acceptors (Lipinski definition) is 5. The molecule has 0 amide bonds. The third-order valence-corrected chi connectivity index (χ3v) is 2.79. The number of hydrogen-bond donors (Lipinski definition) is 0. The molecule has 0 radical (unpaired) electrons. The lowest BCUT2D eigenvalue weighted by Gasteiger charge is -2.35. The average molecular weight is 218 g/mol. The molecule has 0 atom stereocenters. The van der Waals surface area contributed by atoms with Crippen LogP contribution in [0.5, 0.6) is 0 Å². The van der Waals surface area contributed by atoms with Crippen LogP contribution in [0.25, 0.3) is 0 Å². The zero-order valence-corrected chi connectivity index (χ0v) is 9.19. The number of rotatable bonds is 4. The van der Waals surface area contributed by atoms with Crippen molar-refractivity contribution in [2.75, 3.05) is 25.6 Å². The predicted molar refractivity (Wildman–Crippen MR) is 53.6 cm³/mol. The minimum Gasteiger partial charge on any atom is -0.473 e. The fourth-order valence-corrected chi connectivity index (χ4v) is 2.03. The molecular formula is C9H14O4S. The molecular weight excluding hydrogens is 204 g/mol. The molecule has 1 aliphatic rings. The highest BCUT2D eigenvalue weighted by atomic mass is 32.2. The van der Waals surface area contributed by atoms with Gasteiger partial charge in [0, 0.05) is 13.2 Å². The van der Waals surface area contributed by atoms with Crippen LogP contribution in [-0.4, -0.2) is 37.3 Å². The molecule has 0 aliphatic carbocycles. The molecule has 0 aromatic rings. The largest absolute Gasteiger partial charge is 0.473 e. The third-order valence-electron chi connectivity index (χ3n) is 1.74. The van der Waals surface area contributed by atoms with E-state index in [1.807, 2.05) is 13.8 Å². The Bertz CT molecular complexity index is 217. The van der Waals surface area contributed by atoms with E-state index >= 15 is 0 Å². The summed E-state index contributed by atoms with van der Waals surface area (Å²) in [5.41, 5.74) is 0. The lowest BCUT2D eigenvalue weighted by Crippen LogP contribution is -2.45. The quantitative estimate of drug-likeness (QED) is 0.524. The van der Waals surface area contributed by atoms with E-state index in [0.717, 1.165) is 0 Å². The molecule has 0 saturated carbocycles. The van der Waals surface area contributed by atoms with E-state index in [-0.39, 0.29) is 11.7 Å². The number of carbonyl (C=O) groups excluding carboxylic acids is 1. The Morgan fingerprint density at radius 1 is 1.50 bits per heavy atom.